The third-order valence-corrected chi connectivity index (χ3v) is 2.99. The van der Waals surface area contributed by atoms with E-state index < -0.39 is 5.97 Å². The van der Waals surface area contributed by atoms with E-state index in [0.717, 1.165) is 5.69 Å². The summed E-state index contributed by atoms with van der Waals surface area (Å²) in [6, 6.07) is 6.96. The van der Waals surface area contributed by atoms with Crippen LogP contribution in [0, 0.1) is 5.41 Å². The number of nitrogens with two attached hydrogens (primary N) is 1. The van der Waals surface area contributed by atoms with Crippen molar-refractivity contribution in [1.82, 2.24) is 10.6 Å². The number of amides is 1. The fourth-order valence-corrected chi connectivity index (χ4v) is 1.74. The molecule has 9 heteroatoms. The van der Waals surface area contributed by atoms with Crippen LogP contribution in [0.4, 0.5) is 5.69 Å². The van der Waals surface area contributed by atoms with E-state index in [1.807, 2.05) is 0 Å². The first-order valence-corrected chi connectivity index (χ1v) is 7.33. The molecular weight excluding hydrogens is 312 g/mol. The van der Waals surface area contributed by atoms with Crippen LogP contribution in [0.3, 0.4) is 0 Å². The molecule has 9 nitrogen and oxygen atoms in total. The number of rotatable bonds is 8. The highest BCUT2D eigenvalue weighted by molar-refractivity contribution is 5.97. The Morgan fingerprint density at radius 2 is 1.79 bits per heavy atom. The minimum Gasteiger partial charge on any atom is -0.481 e. The number of hydrogen-bond donors (Lipinski definition) is 6. The van der Waals surface area contributed by atoms with E-state index in [2.05, 4.69) is 20.9 Å². The van der Waals surface area contributed by atoms with Crippen LogP contribution in [0.25, 0.3) is 0 Å². The number of aliphatic imine (C=N–C) groups is 1. The summed E-state index contributed by atoms with van der Waals surface area (Å²) in [7, 11) is 1.60. The maximum atomic E-state index is 11.5. The molecule has 0 spiro atoms. The Labute approximate surface area is 139 Å². The van der Waals surface area contributed by atoms with Crippen molar-refractivity contribution in [2.75, 3.05) is 25.5 Å². The zero-order valence-corrected chi connectivity index (χ0v) is 13.4. The molecule has 24 heavy (non-hydrogen) atoms. The van der Waals surface area contributed by atoms with Crippen LogP contribution in [0.5, 0.6) is 0 Å². The molecule has 0 saturated heterocycles. The molecule has 0 heterocycles. The van der Waals surface area contributed by atoms with Gasteiger partial charge in [-0.05, 0) is 24.3 Å². The lowest BCUT2D eigenvalue weighted by atomic mass is 10.2. The number of hydrogen-bond acceptors (Lipinski definition) is 4. The molecule has 0 atom stereocenters. The van der Waals surface area contributed by atoms with Crippen molar-refractivity contribution in [3.63, 3.8) is 0 Å². The molecule has 0 aliphatic heterocycles. The molecule has 0 radical (unpaired) electrons. The molecule has 1 aromatic carbocycles. The average molecular weight is 334 g/mol. The van der Waals surface area contributed by atoms with Gasteiger partial charge in [0, 0.05) is 37.8 Å². The number of nitrogens with one attached hydrogen (secondary N) is 4. The van der Waals surface area contributed by atoms with Gasteiger partial charge >= 0.3 is 5.97 Å². The van der Waals surface area contributed by atoms with Crippen LogP contribution >= 0.6 is 0 Å². The number of carbonyl (C=O) groups is 2. The van der Waals surface area contributed by atoms with Crippen molar-refractivity contribution >= 4 is 29.4 Å². The summed E-state index contributed by atoms with van der Waals surface area (Å²) in [6.07, 6.45) is 0.0994. The van der Waals surface area contributed by atoms with E-state index in [4.69, 9.17) is 16.2 Å². The Balaban J connectivity index is 2.36. The smallest absolute Gasteiger partial charge is 0.305 e. The topological polar surface area (TPSA) is 153 Å². The van der Waals surface area contributed by atoms with E-state index in [1.54, 1.807) is 31.3 Å². The Morgan fingerprint density at radius 1 is 1.17 bits per heavy atom. The average Bonchev–Trinajstić information content (AvgIpc) is 2.54. The van der Waals surface area contributed by atoms with E-state index in [0.29, 0.717) is 18.1 Å². The molecule has 1 amide bonds. The number of nitrogen functional groups attached to an aromatic ring is 1. The lowest BCUT2D eigenvalue weighted by Crippen LogP contribution is -2.35. The van der Waals surface area contributed by atoms with Crippen molar-refractivity contribution in [2.24, 2.45) is 10.7 Å². The number of aliphatic carboxylic acids is 1. The number of carboxylic acid groups (broad SMARTS) is 1. The summed E-state index contributed by atoms with van der Waals surface area (Å²) in [5, 5.41) is 24.4. The number of carboxylic acids is 1. The van der Waals surface area contributed by atoms with Gasteiger partial charge in [-0.2, -0.15) is 0 Å². The Morgan fingerprint density at radius 3 is 2.33 bits per heavy atom. The lowest BCUT2D eigenvalue weighted by Gasteiger charge is -2.12. The first-order chi connectivity index (χ1) is 11.4. The van der Waals surface area contributed by atoms with E-state index in [1.165, 1.54) is 0 Å². The summed E-state index contributed by atoms with van der Waals surface area (Å²) in [5.41, 5.74) is 6.78. The molecule has 0 bridgehead atoms. The molecule has 0 saturated carbocycles. The van der Waals surface area contributed by atoms with E-state index in [-0.39, 0.29) is 31.1 Å². The molecule has 1 aromatic rings. The van der Waals surface area contributed by atoms with Gasteiger partial charge < -0.3 is 26.8 Å². The summed E-state index contributed by atoms with van der Waals surface area (Å²) in [4.78, 5) is 25.9. The van der Waals surface area contributed by atoms with Crippen LogP contribution in [0.15, 0.2) is 29.3 Å². The Bertz CT molecular complexity index is 612. The van der Waals surface area contributed by atoms with Crippen LogP contribution in [0.1, 0.15) is 18.4 Å². The molecule has 1 rings (SSSR count). The first kappa shape index (κ1) is 18.9. The van der Waals surface area contributed by atoms with Gasteiger partial charge in [0.15, 0.2) is 5.96 Å². The predicted molar refractivity (Wildman–Crippen MR) is 92.3 cm³/mol. The Kier molecular flexibility index (Phi) is 7.76. The Hall–Kier alpha value is -3.10. The zero-order valence-electron chi connectivity index (χ0n) is 13.4. The molecule has 0 aliphatic carbocycles. The van der Waals surface area contributed by atoms with Crippen molar-refractivity contribution in [2.45, 2.75) is 12.8 Å². The monoisotopic (exact) mass is 334 g/mol. The van der Waals surface area contributed by atoms with Crippen molar-refractivity contribution in [3.8, 4) is 0 Å². The van der Waals surface area contributed by atoms with Gasteiger partial charge in [-0.1, -0.05) is 0 Å². The molecule has 0 aromatic heterocycles. The fourth-order valence-electron chi connectivity index (χ4n) is 1.74. The van der Waals surface area contributed by atoms with Crippen LogP contribution in [-0.2, 0) is 9.59 Å². The highest BCUT2D eigenvalue weighted by Crippen LogP contribution is 2.08. The molecule has 0 aliphatic rings. The van der Waals surface area contributed by atoms with Crippen LogP contribution in [-0.4, -0.2) is 48.9 Å². The first-order valence-electron chi connectivity index (χ1n) is 7.33. The largest absolute Gasteiger partial charge is 0.481 e. The maximum Gasteiger partial charge on any atom is 0.305 e. The van der Waals surface area contributed by atoms with Gasteiger partial charge in [0.1, 0.15) is 5.84 Å². The quantitative estimate of drug-likeness (QED) is 0.289. The maximum absolute atomic E-state index is 11.5. The minimum absolute atomic E-state index is 0.00188. The zero-order chi connectivity index (χ0) is 17.9. The summed E-state index contributed by atoms with van der Waals surface area (Å²) in [6.45, 7) is 0.466. The molecular formula is C15H22N6O3. The molecule has 0 unspecified atom stereocenters. The standard InChI is InChI=1S/C15H22N6O3/c1-18-15(20-8-6-12(22)19-9-7-13(23)24)21-11-4-2-10(3-5-11)14(16)17/h2-5H,6-9H2,1H3,(H3,16,17)(H,19,22)(H,23,24)(H2,18,20,21). The third-order valence-electron chi connectivity index (χ3n) is 2.99. The predicted octanol–water partition coefficient (Wildman–Crippen LogP) is -0.0610. The number of guanidine groups is 1. The minimum atomic E-state index is -0.950. The van der Waals surface area contributed by atoms with Crippen LogP contribution in [0.2, 0.25) is 0 Å². The van der Waals surface area contributed by atoms with Crippen molar-refractivity contribution < 1.29 is 14.7 Å². The number of benzene rings is 1. The second-order valence-electron chi connectivity index (χ2n) is 4.86. The number of anilines is 1. The van der Waals surface area contributed by atoms with Crippen LogP contribution < -0.4 is 21.7 Å². The highest BCUT2D eigenvalue weighted by atomic mass is 16.4. The van der Waals surface area contributed by atoms with Gasteiger partial charge in [-0.15, -0.1) is 0 Å². The van der Waals surface area contributed by atoms with Gasteiger partial charge in [-0.25, -0.2) is 0 Å². The molecule has 130 valence electrons. The fraction of sp³-hybridized carbons (Fsp3) is 0.333. The van der Waals surface area contributed by atoms with Gasteiger partial charge in [-0.3, -0.25) is 20.0 Å². The highest BCUT2D eigenvalue weighted by Gasteiger charge is 2.04. The summed E-state index contributed by atoms with van der Waals surface area (Å²) < 4.78 is 0. The van der Waals surface area contributed by atoms with Crippen molar-refractivity contribution in [1.29, 1.82) is 5.41 Å². The molecule has 7 N–H and O–H groups in total. The number of carbonyl (C=O) groups excluding carboxylic acids is 1. The normalized spacial score (nSPS) is 10.8. The van der Waals surface area contributed by atoms with Gasteiger partial charge in [0.2, 0.25) is 5.91 Å². The number of nitrogens with zero attached hydrogens (tertiary/aromatic N) is 1. The molecule has 0 fully saturated rings. The van der Waals surface area contributed by atoms with Gasteiger partial charge in [0.25, 0.3) is 0 Å². The van der Waals surface area contributed by atoms with Crippen molar-refractivity contribution in [3.05, 3.63) is 29.8 Å². The van der Waals surface area contributed by atoms with E-state index in [9.17, 15) is 9.59 Å². The van der Waals surface area contributed by atoms with E-state index >= 15 is 0 Å². The lowest BCUT2D eigenvalue weighted by molar-refractivity contribution is -0.136. The third kappa shape index (κ3) is 7.25. The summed E-state index contributed by atoms with van der Waals surface area (Å²) >= 11 is 0. The number of amidine groups is 1. The summed E-state index contributed by atoms with van der Waals surface area (Å²) in [5.74, 6) is -0.694. The SMILES string of the molecule is CN=C(NCCC(=O)NCCC(=O)O)Nc1ccc(C(=N)N)cc1. The second kappa shape index (κ2) is 9.82. The van der Waals surface area contributed by atoms with Gasteiger partial charge in [0.05, 0.1) is 6.42 Å². The second-order valence-corrected chi connectivity index (χ2v) is 4.86.